The van der Waals surface area contributed by atoms with Crippen molar-refractivity contribution in [1.82, 2.24) is 0 Å². The fourth-order valence-corrected chi connectivity index (χ4v) is 3.20. The average molecular weight is 440 g/mol. The zero-order chi connectivity index (χ0) is 18.7. The topological polar surface area (TPSA) is 155 Å². The summed E-state index contributed by atoms with van der Waals surface area (Å²) < 4.78 is 63.2. The standard InChI is InChI=1S/2C7H8O4S.Zn/c2*1-5-6(8)3-2-4-7(5)12(9,10)11;/h2*2-4,8H,1H3,(H,9,10,11);/q;;+2/p-2. The molecule has 8 nitrogen and oxygen atoms in total. The Labute approximate surface area is 158 Å². The van der Waals surface area contributed by atoms with E-state index in [0.717, 1.165) is 12.1 Å². The zero-order valence-corrected chi connectivity index (χ0v) is 17.9. The van der Waals surface area contributed by atoms with Crippen molar-refractivity contribution in [2.75, 3.05) is 0 Å². The zero-order valence-electron chi connectivity index (χ0n) is 13.3. The summed E-state index contributed by atoms with van der Waals surface area (Å²) in [6.07, 6.45) is 0. The fraction of sp³-hybridized carbons (Fsp3) is 0.143. The average Bonchev–Trinajstić information content (AvgIpc) is 2.43. The number of benzene rings is 2. The first-order valence-corrected chi connectivity index (χ1v) is 9.16. The maximum absolute atomic E-state index is 10.5. The summed E-state index contributed by atoms with van der Waals surface area (Å²) in [6.45, 7) is 2.75. The molecule has 0 aliphatic rings. The van der Waals surface area contributed by atoms with Gasteiger partial charge in [-0.2, -0.15) is 0 Å². The van der Waals surface area contributed by atoms with Gasteiger partial charge in [0.25, 0.3) is 0 Å². The number of phenols is 2. The molecule has 0 aliphatic carbocycles. The van der Waals surface area contributed by atoms with Gasteiger partial charge in [-0.1, -0.05) is 12.1 Å². The Morgan fingerprint density at radius 1 is 0.720 bits per heavy atom. The summed E-state index contributed by atoms with van der Waals surface area (Å²) >= 11 is 0. The predicted octanol–water partition coefficient (Wildman–Crippen LogP) is 1.21. The van der Waals surface area contributed by atoms with Crippen LogP contribution in [0, 0.1) is 13.8 Å². The van der Waals surface area contributed by atoms with Gasteiger partial charge in [-0.05, 0) is 38.1 Å². The van der Waals surface area contributed by atoms with E-state index in [1.165, 1.54) is 38.1 Å². The van der Waals surface area contributed by atoms with Crippen LogP contribution in [0.4, 0.5) is 0 Å². The van der Waals surface area contributed by atoms with Crippen molar-refractivity contribution in [2.24, 2.45) is 0 Å². The third-order valence-electron chi connectivity index (χ3n) is 3.05. The van der Waals surface area contributed by atoms with Gasteiger partial charge in [0.2, 0.25) is 0 Å². The number of aromatic hydroxyl groups is 2. The Balaban J connectivity index is 0.000000443. The van der Waals surface area contributed by atoms with Gasteiger partial charge in [-0.25, -0.2) is 16.8 Å². The molecule has 0 atom stereocenters. The number of hydrogen-bond donors (Lipinski definition) is 2. The van der Waals surface area contributed by atoms with E-state index in [1.807, 2.05) is 0 Å². The SMILES string of the molecule is Cc1c(O)cccc1S(=O)(=O)[O-].Cc1c(O)cccc1S(=O)(=O)[O-].[Zn+2]. The molecule has 2 aromatic carbocycles. The molecule has 0 radical (unpaired) electrons. The molecule has 2 aromatic rings. The van der Waals surface area contributed by atoms with Gasteiger partial charge in [0.1, 0.15) is 31.7 Å². The number of rotatable bonds is 2. The van der Waals surface area contributed by atoms with Crippen molar-refractivity contribution in [3.05, 3.63) is 47.5 Å². The second-order valence-electron chi connectivity index (χ2n) is 4.71. The van der Waals surface area contributed by atoms with Gasteiger partial charge in [0.05, 0.1) is 9.79 Å². The van der Waals surface area contributed by atoms with E-state index in [9.17, 15) is 25.9 Å². The van der Waals surface area contributed by atoms with E-state index in [1.54, 1.807) is 0 Å². The van der Waals surface area contributed by atoms with Crippen molar-refractivity contribution in [3.8, 4) is 11.5 Å². The first kappa shape index (κ1) is 23.5. The molecule has 2 rings (SSSR count). The first-order valence-electron chi connectivity index (χ1n) is 6.34. The Bertz CT molecular complexity index is 873. The number of hydrogen-bond acceptors (Lipinski definition) is 8. The smallest absolute Gasteiger partial charge is 0.744 e. The van der Waals surface area contributed by atoms with Gasteiger partial charge >= 0.3 is 19.5 Å². The third-order valence-corrected chi connectivity index (χ3v) is 5.01. The van der Waals surface area contributed by atoms with Gasteiger partial charge in [0, 0.05) is 11.1 Å². The third kappa shape index (κ3) is 6.37. The molecule has 0 fully saturated rings. The van der Waals surface area contributed by atoms with E-state index in [-0.39, 0.29) is 51.9 Å². The van der Waals surface area contributed by atoms with Gasteiger partial charge in [-0.15, -0.1) is 0 Å². The molecule has 0 aliphatic heterocycles. The molecule has 25 heavy (non-hydrogen) atoms. The summed E-state index contributed by atoms with van der Waals surface area (Å²) in [6, 6.07) is 7.60. The second-order valence-corrected chi connectivity index (χ2v) is 7.40. The minimum absolute atomic E-state index is 0. The monoisotopic (exact) mass is 438 g/mol. The largest absolute Gasteiger partial charge is 2.00 e. The van der Waals surface area contributed by atoms with Crippen LogP contribution in [-0.4, -0.2) is 36.2 Å². The molecule has 0 aromatic heterocycles. The molecule has 0 bridgehead atoms. The predicted molar refractivity (Wildman–Crippen MR) is 81.6 cm³/mol. The van der Waals surface area contributed by atoms with Crippen LogP contribution >= 0.6 is 0 Å². The summed E-state index contributed by atoms with van der Waals surface area (Å²) in [7, 11) is -8.93. The molecule has 0 saturated carbocycles. The van der Waals surface area contributed by atoms with Crippen LogP contribution in [0.3, 0.4) is 0 Å². The summed E-state index contributed by atoms with van der Waals surface area (Å²) in [5, 5.41) is 18.1. The molecule has 0 heterocycles. The number of phenolic OH excluding ortho intramolecular Hbond substituents is 2. The van der Waals surface area contributed by atoms with Crippen LogP contribution in [-0.2, 0) is 39.7 Å². The molecular formula is C14H14O8S2Zn. The van der Waals surface area contributed by atoms with Crippen LogP contribution in [0.5, 0.6) is 11.5 Å². The van der Waals surface area contributed by atoms with E-state index in [2.05, 4.69) is 0 Å². The van der Waals surface area contributed by atoms with Crippen molar-refractivity contribution < 1.29 is 55.6 Å². The summed E-state index contributed by atoms with van der Waals surface area (Å²) in [5.41, 5.74) is 0.181. The fourth-order valence-electron chi connectivity index (χ4n) is 1.75. The molecule has 0 saturated heterocycles. The molecule has 0 amide bonds. The van der Waals surface area contributed by atoms with E-state index in [0.29, 0.717) is 0 Å². The Kier molecular flexibility index (Phi) is 8.20. The Morgan fingerprint density at radius 3 is 1.20 bits per heavy atom. The molecular weight excluding hydrogens is 426 g/mol. The van der Waals surface area contributed by atoms with E-state index in [4.69, 9.17) is 10.2 Å². The van der Waals surface area contributed by atoms with Crippen LogP contribution in [0.25, 0.3) is 0 Å². The van der Waals surface area contributed by atoms with Crippen LogP contribution < -0.4 is 0 Å². The molecule has 132 valence electrons. The minimum Gasteiger partial charge on any atom is -0.744 e. The van der Waals surface area contributed by atoms with Gasteiger partial charge in [0.15, 0.2) is 0 Å². The Morgan fingerprint density at radius 2 is 1.00 bits per heavy atom. The van der Waals surface area contributed by atoms with Crippen LogP contribution in [0.15, 0.2) is 46.2 Å². The molecule has 0 unspecified atom stereocenters. The van der Waals surface area contributed by atoms with Crippen molar-refractivity contribution in [1.29, 1.82) is 0 Å². The van der Waals surface area contributed by atoms with Crippen LogP contribution in [0.1, 0.15) is 11.1 Å². The Hall–Kier alpha value is -1.52. The van der Waals surface area contributed by atoms with Crippen LogP contribution in [0.2, 0.25) is 0 Å². The normalized spacial score (nSPS) is 11.0. The quantitative estimate of drug-likeness (QED) is 0.522. The van der Waals surface area contributed by atoms with E-state index >= 15 is 0 Å². The summed E-state index contributed by atoms with van der Waals surface area (Å²) in [4.78, 5) is -0.745. The molecule has 0 spiro atoms. The minimum atomic E-state index is -4.47. The van der Waals surface area contributed by atoms with Crippen molar-refractivity contribution in [2.45, 2.75) is 23.6 Å². The molecule has 11 heteroatoms. The second kappa shape index (κ2) is 8.73. The first-order chi connectivity index (χ1) is 10.9. The van der Waals surface area contributed by atoms with Crippen molar-refractivity contribution in [3.63, 3.8) is 0 Å². The molecule has 2 N–H and O–H groups in total. The van der Waals surface area contributed by atoms with Crippen molar-refractivity contribution >= 4 is 20.2 Å². The van der Waals surface area contributed by atoms with E-state index < -0.39 is 20.2 Å². The maximum Gasteiger partial charge on any atom is 2.00 e. The van der Waals surface area contributed by atoms with Gasteiger partial charge in [-0.3, -0.25) is 0 Å². The summed E-state index contributed by atoms with van der Waals surface area (Å²) in [5.74, 6) is -0.376. The maximum atomic E-state index is 10.5. The van der Waals surface area contributed by atoms with Gasteiger partial charge < -0.3 is 19.3 Å².